The highest BCUT2D eigenvalue weighted by Gasteiger charge is 2.08. The molecule has 0 bridgehead atoms. The Morgan fingerprint density at radius 2 is 2.07 bits per heavy atom. The van der Waals surface area contributed by atoms with Crippen molar-refractivity contribution < 1.29 is 0 Å². The summed E-state index contributed by atoms with van der Waals surface area (Å²) in [5, 5.41) is 11.1. The van der Waals surface area contributed by atoms with E-state index in [0.29, 0.717) is 26.5 Å². The van der Waals surface area contributed by atoms with Crippen molar-refractivity contribution in [2.24, 2.45) is 0 Å². The Kier molecular flexibility index (Phi) is 2.28. The summed E-state index contributed by atoms with van der Waals surface area (Å²) < 4.78 is 0. The highest BCUT2D eigenvalue weighted by atomic mass is 35.5. The van der Waals surface area contributed by atoms with Gasteiger partial charge in [-0.05, 0) is 6.07 Å². The average molecular weight is 223 g/mol. The Morgan fingerprint density at radius 1 is 1.29 bits per heavy atom. The van der Waals surface area contributed by atoms with Crippen LogP contribution < -0.4 is 0 Å². The summed E-state index contributed by atoms with van der Waals surface area (Å²) in [6, 6.07) is 7.32. The van der Waals surface area contributed by atoms with Crippen LogP contribution in [-0.2, 0) is 0 Å². The molecule has 0 fully saturated rings. The molecule has 14 heavy (non-hydrogen) atoms. The van der Waals surface area contributed by atoms with Crippen LogP contribution in [0.5, 0.6) is 0 Å². The highest BCUT2D eigenvalue weighted by molar-refractivity contribution is 6.39. The predicted octanol–water partition coefficient (Wildman–Crippen LogP) is 3.41. The zero-order valence-electron chi connectivity index (χ0n) is 6.96. The molecule has 0 aliphatic heterocycles. The summed E-state index contributed by atoms with van der Waals surface area (Å²) in [6.45, 7) is 0. The number of aromatic nitrogens is 1. The topological polar surface area (TPSA) is 36.7 Å². The number of nitrogens with zero attached hydrogens (tertiary/aromatic N) is 2. The first-order valence-corrected chi connectivity index (χ1v) is 4.62. The minimum atomic E-state index is 0.363. The SMILES string of the molecule is N#Cc1cnc(Cl)c2cccc(Cl)c12. The van der Waals surface area contributed by atoms with Crippen LogP contribution in [0.15, 0.2) is 24.4 Å². The number of hydrogen-bond donors (Lipinski definition) is 0. The van der Waals surface area contributed by atoms with E-state index in [9.17, 15) is 0 Å². The molecule has 0 radical (unpaired) electrons. The van der Waals surface area contributed by atoms with Gasteiger partial charge in [0.2, 0.25) is 0 Å². The van der Waals surface area contributed by atoms with Gasteiger partial charge in [0.05, 0.1) is 5.56 Å². The van der Waals surface area contributed by atoms with Crippen LogP contribution in [0.4, 0.5) is 0 Å². The number of rotatable bonds is 0. The second-order valence-corrected chi connectivity index (χ2v) is 3.50. The van der Waals surface area contributed by atoms with Crippen LogP contribution >= 0.6 is 23.2 Å². The molecule has 0 atom stereocenters. The van der Waals surface area contributed by atoms with Gasteiger partial charge in [-0.25, -0.2) is 4.98 Å². The fraction of sp³-hybridized carbons (Fsp3) is 0. The molecular formula is C10H4Cl2N2. The molecule has 1 aromatic heterocycles. The van der Waals surface area contributed by atoms with Gasteiger partial charge in [0.25, 0.3) is 0 Å². The van der Waals surface area contributed by atoms with Crippen LogP contribution in [0, 0.1) is 11.3 Å². The molecule has 0 saturated heterocycles. The summed E-state index contributed by atoms with van der Waals surface area (Å²) in [5.74, 6) is 0. The van der Waals surface area contributed by atoms with Crippen molar-refractivity contribution in [3.05, 3.63) is 40.1 Å². The molecule has 2 aromatic rings. The quantitative estimate of drug-likeness (QED) is 0.641. The van der Waals surface area contributed by atoms with Gasteiger partial charge in [-0.3, -0.25) is 0 Å². The molecule has 1 aromatic carbocycles. The lowest BCUT2D eigenvalue weighted by Crippen LogP contribution is -1.85. The molecule has 68 valence electrons. The van der Waals surface area contributed by atoms with E-state index in [2.05, 4.69) is 4.98 Å². The zero-order valence-corrected chi connectivity index (χ0v) is 8.47. The van der Waals surface area contributed by atoms with Gasteiger partial charge in [0.15, 0.2) is 0 Å². The molecule has 0 amide bonds. The van der Waals surface area contributed by atoms with Gasteiger partial charge >= 0.3 is 0 Å². The summed E-state index contributed by atoms with van der Waals surface area (Å²) in [6.07, 6.45) is 1.43. The lowest BCUT2D eigenvalue weighted by molar-refractivity contribution is 1.34. The average Bonchev–Trinajstić information content (AvgIpc) is 2.20. The van der Waals surface area contributed by atoms with Gasteiger partial charge in [0, 0.05) is 22.0 Å². The normalized spacial score (nSPS) is 10.1. The monoisotopic (exact) mass is 222 g/mol. The van der Waals surface area contributed by atoms with Crippen molar-refractivity contribution >= 4 is 34.0 Å². The molecule has 0 aliphatic rings. The molecular weight excluding hydrogens is 219 g/mol. The van der Waals surface area contributed by atoms with Crippen LogP contribution in [0.2, 0.25) is 10.2 Å². The van der Waals surface area contributed by atoms with E-state index >= 15 is 0 Å². The molecule has 4 heteroatoms. The van der Waals surface area contributed by atoms with Crippen molar-refractivity contribution in [3.8, 4) is 6.07 Å². The van der Waals surface area contributed by atoms with E-state index in [1.54, 1.807) is 18.2 Å². The maximum atomic E-state index is 8.86. The summed E-state index contributed by atoms with van der Waals surface area (Å²) >= 11 is 11.9. The fourth-order valence-corrected chi connectivity index (χ4v) is 1.79. The third-order valence-corrected chi connectivity index (χ3v) is 2.55. The van der Waals surface area contributed by atoms with Gasteiger partial charge in [-0.1, -0.05) is 35.3 Å². The van der Waals surface area contributed by atoms with Crippen LogP contribution in [0.1, 0.15) is 5.56 Å². The first-order valence-electron chi connectivity index (χ1n) is 3.87. The number of hydrogen-bond acceptors (Lipinski definition) is 2. The van der Waals surface area contributed by atoms with E-state index in [1.165, 1.54) is 6.20 Å². The second-order valence-electron chi connectivity index (χ2n) is 2.74. The van der Waals surface area contributed by atoms with Crippen LogP contribution in [-0.4, -0.2) is 4.98 Å². The Balaban J connectivity index is 3.01. The summed E-state index contributed by atoms with van der Waals surface area (Å²) in [4.78, 5) is 3.90. The summed E-state index contributed by atoms with van der Waals surface area (Å²) in [5.41, 5.74) is 0.440. The smallest absolute Gasteiger partial charge is 0.136 e. The van der Waals surface area contributed by atoms with Gasteiger partial charge in [-0.2, -0.15) is 5.26 Å². The molecule has 0 unspecified atom stereocenters. The van der Waals surface area contributed by atoms with E-state index in [4.69, 9.17) is 28.5 Å². The Labute approximate surface area is 90.7 Å². The molecule has 0 spiro atoms. The van der Waals surface area contributed by atoms with Gasteiger partial charge in [0.1, 0.15) is 11.2 Å². The van der Waals surface area contributed by atoms with Crippen molar-refractivity contribution in [1.82, 2.24) is 4.98 Å². The third-order valence-electron chi connectivity index (χ3n) is 1.93. The number of nitriles is 1. The molecule has 2 nitrogen and oxygen atoms in total. The Bertz CT molecular complexity index is 544. The Hall–Kier alpha value is -1.30. The van der Waals surface area contributed by atoms with Crippen molar-refractivity contribution in [2.45, 2.75) is 0 Å². The van der Waals surface area contributed by atoms with Crippen LogP contribution in [0.25, 0.3) is 10.8 Å². The van der Waals surface area contributed by atoms with Crippen molar-refractivity contribution in [2.75, 3.05) is 0 Å². The maximum Gasteiger partial charge on any atom is 0.136 e. The lowest BCUT2D eigenvalue weighted by atomic mass is 10.1. The third kappa shape index (κ3) is 1.31. The molecule has 0 saturated carbocycles. The molecule has 1 heterocycles. The molecule has 0 N–H and O–H groups in total. The van der Waals surface area contributed by atoms with Gasteiger partial charge < -0.3 is 0 Å². The highest BCUT2D eigenvalue weighted by Crippen LogP contribution is 2.29. The largest absolute Gasteiger partial charge is 0.243 e. The maximum absolute atomic E-state index is 8.86. The van der Waals surface area contributed by atoms with E-state index in [0.717, 1.165) is 0 Å². The van der Waals surface area contributed by atoms with Crippen LogP contribution in [0.3, 0.4) is 0 Å². The number of benzene rings is 1. The lowest BCUT2D eigenvalue weighted by Gasteiger charge is -2.02. The number of fused-ring (bicyclic) bond motifs is 1. The number of pyridine rings is 1. The van der Waals surface area contributed by atoms with Gasteiger partial charge in [-0.15, -0.1) is 0 Å². The predicted molar refractivity (Wildman–Crippen MR) is 56.5 cm³/mol. The van der Waals surface area contributed by atoms with E-state index in [1.807, 2.05) is 6.07 Å². The summed E-state index contributed by atoms with van der Waals surface area (Å²) in [7, 11) is 0. The fourth-order valence-electron chi connectivity index (χ4n) is 1.31. The van der Waals surface area contributed by atoms with E-state index in [-0.39, 0.29) is 0 Å². The second kappa shape index (κ2) is 3.45. The van der Waals surface area contributed by atoms with Crippen molar-refractivity contribution in [3.63, 3.8) is 0 Å². The van der Waals surface area contributed by atoms with Crippen molar-refractivity contribution in [1.29, 1.82) is 5.26 Å². The first kappa shape index (κ1) is 9.26. The minimum absolute atomic E-state index is 0.363. The Morgan fingerprint density at radius 3 is 2.79 bits per heavy atom. The molecule has 2 rings (SSSR count). The van der Waals surface area contributed by atoms with E-state index < -0.39 is 0 Å². The molecule has 0 aliphatic carbocycles. The standard InChI is InChI=1S/C10H4Cl2N2/c11-8-3-1-2-7-9(8)6(4-13)5-14-10(7)12/h1-3,5H. The first-order chi connectivity index (χ1) is 6.74. The minimum Gasteiger partial charge on any atom is -0.243 e. The number of halogens is 2. The zero-order chi connectivity index (χ0) is 10.1.